The number of benzene rings is 1. The maximum Gasteiger partial charge on any atom is 0.253 e. The third-order valence-corrected chi connectivity index (χ3v) is 7.57. The summed E-state index contributed by atoms with van der Waals surface area (Å²) >= 11 is 0. The van der Waals surface area contributed by atoms with E-state index in [0.29, 0.717) is 23.2 Å². The van der Waals surface area contributed by atoms with Gasteiger partial charge in [-0.2, -0.15) is 0 Å². The number of pyridine rings is 1. The lowest BCUT2D eigenvalue weighted by atomic mass is 9.73. The molecule has 3 saturated heterocycles. The minimum absolute atomic E-state index is 0.175. The van der Waals surface area contributed by atoms with E-state index in [4.69, 9.17) is 4.74 Å². The zero-order valence-corrected chi connectivity index (χ0v) is 20.9. The summed E-state index contributed by atoms with van der Waals surface area (Å²) in [5, 5.41) is 7.77. The number of hydrogen-bond acceptors (Lipinski definition) is 7. The van der Waals surface area contributed by atoms with Crippen molar-refractivity contribution in [2.24, 2.45) is 11.8 Å². The number of aromatic nitrogens is 1. The topological polar surface area (TPSA) is 83.6 Å². The molecule has 3 aliphatic rings. The van der Waals surface area contributed by atoms with Crippen LogP contribution in [0.25, 0.3) is 10.9 Å². The molecule has 0 saturated carbocycles. The van der Waals surface area contributed by atoms with E-state index in [1.165, 1.54) is 0 Å². The molecule has 2 N–H and O–H groups in total. The van der Waals surface area contributed by atoms with E-state index >= 15 is 0 Å². The lowest BCUT2D eigenvalue weighted by Crippen LogP contribution is -2.56. The van der Waals surface area contributed by atoms with Crippen molar-refractivity contribution < 1.29 is 4.74 Å². The number of fused-ring (bicyclic) bond motifs is 4. The molecule has 3 aliphatic heterocycles. The minimum atomic E-state index is -0.461. The van der Waals surface area contributed by atoms with Gasteiger partial charge in [-0.15, -0.1) is 6.58 Å². The van der Waals surface area contributed by atoms with Gasteiger partial charge in [-0.1, -0.05) is 6.08 Å². The predicted molar refractivity (Wildman–Crippen MR) is 141 cm³/mol. The number of rotatable bonds is 7. The first-order valence-electron chi connectivity index (χ1n) is 12.4. The van der Waals surface area contributed by atoms with Crippen LogP contribution in [-0.4, -0.2) is 41.7 Å². The molecule has 0 amide bonds. The van der Waals surface area contributed by atoms with Crippen LogP contribution in [0.4, 0.5) is 11.4 Å². The van der Waals surface area contributed by atoms with Crippen molar-refractivity contribution in [1.82, 2.24) is 9.88 Å². The number of anilines is 2. The van der Waals surface area contributed by atoms with Crippen LogP contribution in [0.15, 0.2) is 52.7 Å². The molecule has 4 unspecified atom stereocenters. The smallest absolute Gasteiger partial charge is 0.253 e. The number of nitrogens with zero attached hydrogens (tertiary/aromatic N) is 2. The first-order valence-corrected chi connectivity index (χ1v) is 12.4. The molecule has 5 atom stereocenters. The molecule has 0 radical (unpaired) electrons. The van der Waals surface area contributed by atoms with E-state index in [9.17, 15) is 9.59 Å². The maximum absolute atomic E-state index is 12.8. The molecule has 4 heterocycles. The summed E-state index contributed by atoms with van der Waals surface area (Å²) in [6.07, 6.45) is 6.06. The van der Waals surface area contributed by atoms with E-state index in [1.807, 2.05) is 51.2 Å². The second-order valence-electron chi connectivity index (χ2n) is 10.9. The first-order chi connectivity index (χ1) is 16.7. The fraction of sp³-hybridized carbons (Fsp3) is 0.464. The molecule has 7 nitrogen and oxygen atoms in total. The zero-order valence-electron chi connectivity index (χ0n) is 20.9. The van der Waals surface area contributed by atoms with Crippen LogP contribution >= 0.6 is 0 Å². The van der Waals surface area contributed by atoms with E-state index in [1.54, 1.807) is 7.11 Å². The van der Waals surface area contributed by atoms with E-state index in [2.05, 4.69) is 33.2 Å². The highest BCUT2D eigenvalue weighted by molar-refractivity contribution is 5.85. The van der Waals surface area contributed by atoms with Gasteiger partial charge in [0.1, 0.15) is 17.1 Å². The molecule has 3 fully saturated rings. The van der Waals surface area contributed by atoms with Crippen LogP contribution in [0.1, 0.15) is 45.2 Å². The van der Waals surface area contributed by atoms with E-state index in [-0.39, 0.29) is 17.6 Å². The molecule has 3 aromatic rings. The highest BCUT2D eigenvalue weighted by atomic mass is 16.5. The summed E-state index contributed by atoms with van der Waals surface area (Å²) in [5.74, 6) is 1.81. The Kier molecular flexibility index (Phi) is 5.91. The Labute approximate surface area is 205 Å². The Bertz CT molecular complexity index is 1330. The molecule has 2 aromatic carbocycles. The minimum Gasteiger partial charge on any atom is -0.497 e. The predicted octanol–water partition coefficient (Wildman–Crippen LogP) is 4.10. The molecule has 6 rings (SSSR count). The Morgan fingerprint density at radius 3 is 2.63 bits per heavy atom. The third kappa shape index (κ3) is 4.22. The van der Waals surface area contributed by atoms with Gasteiger partial charge in [0.05, 0.1) is 18.7 Å². The van der Waals surface area contributed by atoms with Gasteiger partial charge in [0.15, 0.2) is 0 Å². The molecule has 2 bridgehead atoms. The first kappa shape index (κ1) is 23.5. The van der Waals surface area contributed by atoms with Gasteiger partial charge in [0.2, 0.25) is 0 Å². The third-order valence-electron chi connectivity index (χ3n) is 7.57. The van der Waals surface area contributed by atoms with Crippen LogP contribution in [0.3, 0.4) is 0 Å². The monoisotopic (exact) mass is 474 g/mol. The maximum atomic E-state index is 12.8. The Morgan fingerprint density at radius 2 is 1.97 bits per heavy atom. The average molecular weight is 475 g/mol. The second-order valence-corrected chi connectivity index (χ2v) is 10.9. The van der Waals surface area contributed by atoms with Crippen molar-refractivity contribution in [3.05, 3.63) is 69.1 Å². The number of hydrogen-bond donors (Lipinski definition) is 2. The van der Waals surface area contributed by atoms with Crippen molar-refractivity contribution in [2.45, 2.75) is 51.2 Å². The fourth-order valence-corrected chi connectivity index (χ4v) is 5.83. The molecular formula is C28H34N4O3. The normalized spacial score (nSPS) is 24.9. The van der Waals surface area contributed by atoms with Crippen LogP contribution in [0.2, 0.25) is 0 Å². The fourth-order valence-electron chi connectivity index (χ4n) is 5.83. The summed E-state index contributed by atoms with van der Waals surface area (Å²) < 4.78 is 5.51. The quantitative estimate of drug-likeness (QED) is 0.394. The number of piperidine rings is 3. The SMILES string of the molecule is C=CC1CN2CCC1CC2[C@H](Nc1c(NC(C)(C)C)c(=O)c1=O)c1ccnc2ccc(OC)cc12. The lowest BCUT2D eigenvalue weighted by molar-refractivity contribution is 0.0105. The van der Waals surface area contributed by atoms with Crippen LogP contribution in [0, 0.1) is 11.8 Å². The summed E-state index contributed by atoms with van der Waals surface area (Å²) in [6, 6.07) is 7.88. The zero-order chi connectivity index (χ0) is 24.9. The van der Waals surface area contributed by atoms with Gasteiger partial charge < -0.3 is 15.4 Å². The largest absolute Gasteiger partial charge is 0.497 e. The standard InChI is InChI=1S/C28H34N4O3/c1-6-16-15-32-12-10-17(16)13-22(32)23(30-24-25(27(34)26(24)33)31-28(2,3)4)19-9-11-29-21-8-7-18(35-5)14-20(19)21/h6-9,11,14,16-17,22-23,30-31H,1,10,12-13,15H2,2-5H3/t16?,17?,22?,23-/m1/s1. The second kappa shape index (κ2) is 8.79. The van der Waals surface area contributed by atoms with Gasteiger partial charge in [-0.05, 0) is 81.8 Å². The summed E-state index contributed by atoms with van der Waals surface area (Å²) in [5.41, 5.74) is 1.42. The van der Waals surface area contributed by atoms with Gasteiger partial charge >= 0.3 is 0 Å². The molecule has 0 aliphatic carbocycles. The number of methoxy groups -OCH3 is 1. The van der Waals surface area contributed by atoms with E-state index < -0.39 is 10.9 Å². The molecule has 184 valence electrons. The molecule has 7 heteroatoms. The molecule has 1 aromatic heterocycles. The van der Waals surface area contributed by atoms with Crippen LogP contribution in [0.5, 0.6) is 5.75 Å². The van der Waals surface area contributed by atoms with Crippen molar-refractivity contribution in [2.75, 3.05) is 30.8 Å². The van der Waals surface area contributed by atoms with Gasteiger partial charge in [-0.3, -0.25) is 19.5 Å². The van der Waals surface area contributed by atoms with Crippen LogP contribution < -0.4 is 26.2 Å². The highest BCUT2D eigenvalue weighted by Crippen LogP contribution is 2.43. The Balaban J connectivity index is 1.61. The molecular weight excluding hydrogens is 440 g/mol. The number of ether oxygens (including phenoxy) is 1. The Hall–Kier alpha value is -3.19. The van der Waals surface area contributed by atoms with Crippen molar-refractivity contribution in [3.63, 3.8) is 0 Å². The Morgan fingerprint density at radius 1 is 1.20 bits per heavy atom. The average Bonchev–Trinajstić information content (AvgIpc) is 2.87. The molecule has 35 heavy (non-hydrogen) atoms. The highest BCUT2D eigenvalue weighted by Gasteiger charge is 2.43. The number of nitrogens with one attached hydrogen (secondary N) is 2. The summed E-state index contributed by atoms with van der Waals surface area (Å²) in [6.45, 7) is 12.0. The lowest BCUT2D eigenvalue weighted by Gasteiger charge is -2.52. The molecule has 0 spiro atoms. The van der Waals surface area contributed by atoms with Crippen LogP contribution in [-0.2, 0) is 0 Å². The van der Waals surface area contributed by atoms with Crippen molar-refractivity contribution in [1.29, 1.82) is 0 Å². The van der Waals surface area contributed by atoms with E-state index in [0.717, 1.165) is 48.1 Å². The van der Waals surface area contributed by atoms with Crippen molar-refractivity contribution >= 4 is 22.3 Å². The van der Waals surface area contributed by atoms with Gasteiger partial charge in [0, 0.05) is 29.7 Å². The van der Waals surface area contributed by atoms with Gasteiger partial charge in [0.25, 0.3) is 10.9 Å². The summed E-state index contributed by atoms with van der Waals surface area (Å²) in [4.78, 5) is 32.3. The van der Waals surface area contributed by atoms with Gasteiger partial charge in [-0.25, -0.2) is 0 Å². The summed E-state index contributed by atoms with van der Waals surface area (Å²) in [7, 11) is 1.65. The van der Waals surface area contributed by atoms with Crippen molar-refractivity contribution in [3.8, 4) is 5.75 Å².